The average Bonchev–Trinajstić information content (AvgIpc) is 0.679. The van der Waals surface area contributed by atoms with Crippen molar-refractivity contribution in [3.8, 4) is 44.5 Å². The van der Waals surface area contributed by atoms with Gasteiger partial charge in [0.25, 0.3) is 13.4 Å². The van der Waals surface area contributed by atoms with Gasteiger partial charge in [0.2, 0.25) is 0 Å². The Labute approximate surface area is 693 Å². The van der Waals surface area contributed by atoms with Crippen molar-refractivity contribution < 1.29 is 0 Å². The fourth-order valence-corrected chi connectivity index (χ4v) is 19.0. The summed E-state index contributed by atoms with van der Waals surface area (Å²) in [6.45, 7) is 13.2. The number of para-hydroxylation sites is 10. The molecule has 4 aliphatic heterocycles. The maximum absolute atomic E-state index is 2.70. The van der Waals surface area contributed by atoms with Crippen LogP contribution in [-0.4, -0.2) is 13.4 Å². The summed E-state index contributed by atoms with van der Waals surface area (Å²) >= 11 is 0. The van der Waals surface area contributed by atoms with Gasteiger partial charge >= 0.3 is 0 Å². The first-order valence-corrected chi connectivity index (χ1v) is 41.3. The largest absolute Gasteiger partial charge is 0.311 e. The second kappa shape index (κ2) is 28.9. The lowest BCUT2D eigenvalue weighted by molar-refractivity contribution is 0.590. The van der Waals surface area contributed by atoms with Crippen molar-refractivity contribution >= 4 is 149 Å². The number of anilines is 18. The van der Waals surface area contributed by atoms with Crippen molar-refractivity contribution in [3.05, 3.63) is 424 Å². The van der Waals surface area contributed by atoms with Crippen LogP contribution in [0.15, 0.2) is 413 Å². The Morgan fingerprint density at radius 2 is 0.542 bits per heavy atom. The lowest BCUT2D eigenvalue weighted by atomic mass is 9.30. The zero-order valence-corrected chi connectivity index (χ0v) is 67.1. The summed E-state index contributed by atoms with van der Waals surface area (Å²) in [5.41, 5.74) is 38.2. The van der Waals surface area contributed by atoms with E-state index in [0.29, 0.717) is 0 Å². The van der Waals surface area contributed by atoms with Crippen LogP contribution in [0.3, 0.4) is 0 Å². The number of fused-ring (bicyclic) bond motifs is 8. The van der Waals surface area contributed by atoms with Gasteiger partial charge in [0.05, 0.1) is 28.4 Å². The van der Waals surface area contributed by atoms with E-state index in [9.17, 15) is 0 Å². The molecule has 0 unspecified atom stereocenters. The molecule has 0 N–H and O–H groups in total. The second-order valence-electron chi connectivity index (χ2n) is 33.6. The number of hydrogen-bond donors (Lipinski definition) is 0. The molecule has 21 rings (SSSR count). The van der Waals surface area contributed by atoms with E-state index in [1.807, 2.05) is 0 Å². The SMILES string of the molecule is CC(C)(C)c1ccc(-c2ccccc2N(c2ccccc2)c2cc3c4c(c2)N(c2ccccc2-c2ccc(C(C)(C)C)cc2)c2ccccc2B4c2cc4c(cc2N3c2ccccc2)N(c2c(-c3ccccc3)cccc2-c2ccccc2)c2cc(N(c3ccccc3)c3ccccc3)cc3c2B4c2ccccc2N3c2ccccc2)cc1. The minimum atomic E-state index is -0.290. The van der Waals surface area contributed by atoms with E-state index in [1.165, 1.54) is 43.9 Å². The van der Waals surface area contributed by atoms with Gasteiger partial charge in [0.1, 0.15) is 0 Å². The summed E-state index contributed by atoms with van der Waals surface area (Å²) in [6, 6.07) is 155. The quantitative estimate of drug-likeness (QED) is 0.100. The Hall–Kier alpha value is -14.3. The first-order chi connectivity index (χ1) is 57.9. The van der Waals surface area contributed by atoms with Gasteiger partial charge in [-0.25, -0.2) is 0 Å². The van der Waals surface area contributed by atoms with E-state index < -0.39 is 0 Å². The summed E-state index contributed by atoms with van der Waals surface area (Å²) < 4.78 is 0. The van der Waals surface area contributed by atoms with Gasteiger partial charge in [0, 0.05) is 96.2 Å². The average molecular weight is 1510 g/mol. The van der Waals surface area contributed by atoms with Gasteiger partial charge in [-0.05, 0) is 192 Å². The van der Waals surface area contributed by atoms with Crippen LogP contribution in [0.5, 0.6) is 0 Å². The molecule has 0 aliphatic carbocycles. The first-order valence-electron chi connectivity index (χ1n) is 41.3. The highest BCUT2D eigenvalue weighted by atomic mass is 15.2. The molecule has 8 heteroatoms. The Bertz CT molecular complexity index is 6560. The van der Waals surface area contributed by atoms with Crippen molar-refractivity contribution in [1.82, 2.24) is 0 Å². The fourth-order valence-electron chi connectivity index (χ4n) is 19.0. The van der Waals surface area contributed by atoms with E-state index >= 15 is 0 Å². The van der Waals surface area contributed by atoms with Gasteiger partial charge in [-0.3, -0.25) is 0 Å². The lowest BCUT2D eigenvalue weighted by Crippen LogP contribution is -2.65. The molecule has 6 nitrogen and oxygen atoms in total. The van der Waals surface area contributed by atoms with Crippen molar-refractivity contribution in [2.75, 3.05) is 29.4 Å². The lowest BCUT2D eigenvalue weighted by Gasteiger charge is -2.48. The van der Waals surface area contributed by atoms with E-state index in [2.05, 4.69) is 483 Å². The number of benzene rings is 17. The molecule has 0 spiro atoms. The van der Waals surface area contributed by atoms with Gasteiger partial charge in [0.15, 0.2) is 0 Å². The minimum absolute atomic E-state index is 0.0234. The van der Waals surface area contributed by atoms with Crippen molar-refractivity contribution in [1.29, 1.82) is 0 Å². The highest BCUT2D eigenvalue weighted by Gasteiger charge is 2.50. The van der Waals surface area contributed by atoms with E-state index in [1.54, 1.807) is 0 Å². The van der Waals surface area contributed by atoms with Crippen LogP contribution in [0.2, 0.25) is 0 Å². The fraction of sp³-hybridized carbons (Fsp3) is 0.0727. The normalized spacial score (nSPS) is 12.9. The molecular formula is C110H86B2N6. The number of nitrogens with zero attached hydrogens (tertiary/aromatic N) is 6. The zero-order chi connectivity index (χ0) is 79.3. The smallest absolute Gasteiger partial charge is 0.252 e. The Morgan fingerprint density at radius 1 is 0.212 bits per heavy atom. The molecule has 0 amide bonds. The molecular weight excluding hydrogens is 1430 g/mol. The summed E-state index contributed by atoms with van der Waals surface area (Å²) in [6.07, 6.45) is 0. The van der Waals surface area contributed by atoms with Crippen molar-refractivity contribution in [2.24, 2.45) is 0 Å². The maximum atomic E-state index is 2.70. The molecule has 0 radical (unpaired) electrons. The monoisotopic (exact) mass is 1510 g/mol. The standard InChI is InChI=1S/C110H86B2N6/c1-109(2,3)79-65-61-77(62-66-79)88-51-28-32-57-96(88)114(83-45-22-11-23-46-83)87-71-103-106-104(72-87)117(97-58-33-29-52-89(97)78-63-67-80(68-64-78)110(4,5)6)99-60-35-31-56-93(99)112(106)94-73-95-101(74-100(94)116(103)85-49-26-13-27-50-85)118(108-90(75-37-14-7-15-38-75)53-36-54-91(108)76-39-16-8-17-40-76)105-70-86(113(81-41-18-9-19-42-81)82-43-20-10-21-44-82)69-102-107(105)111(95)92-55-30-34-59-98(92)115(102)84-47-24-12-25-48-84/h7-74H,1-6H3. The molecule has 0 aromatic heterocycles. The van der Waals surface area contributed by atoms with Crippen molar-refractivity contribution in [2.45, 2.75) is 52.4 Å². The van der Waals surface area contributed by atoms with Crippen LogP contribution in [0.25, 0.3) is 44.5 Å². The molecule has 4 aliphatic rings. The molecule has 0 fully saturated rings. The summed E-state index contributed by atoms with van der Waals surface area (Å²) in [7, 11) is 0. The third-order valence-electron chi connectivity index (χ3n) is 24.5. The van der Waals surface area contributed by atoms with Crippen LogP contribution in [0, 0.1) is 0 Å². The highest BCUT2D eigenvalue weighted by molar-refractivity contribution is 7.03. The molecule has 0 bridgehead atoms. The molecule has 17 aromatic carbocycles. The van der Waals surface area contributed by atoms with Crippen LogP contribution in [0.4, 0.5) is 102 Å². The molecule has 0 saturated carbocycles. The van der Waals surface area contributed by atoms with Crippen molar-refractivity contribution in [3.63, 3.8) is 0 Å². The Kier molecular flexibility index (Phi) is 17.5. The Morgan fingerprint density at radius 3 is 1.02 bits per heavy atom. The van der Waals surface area contributed by atoms with E-state index in [4.69, 9.17) is 0 Å². The molecule has 0 atom stereocenters. The molecule has 17 aromatic rings. The predicted octanol–water partition coefficient (Wildman–Crippen LogP) is 26.1. The number of rotatable bonds is 14. The molecule has 118 heavy (non-hydrogen) atoms. The van der Waals surface area contributed by atoms with E-state index in [0.717, 1.165) is 147 Å². The highest BCUT2D eigenvalue weighted by Crippen LogP contribution is 2.56. The predicted molar refractivity (Wildman–Crippen MR) is 503 cm³/mol. The van der Waals surface area contributed by atoms with Gasteiger partial charge in [-0.15, -0.1) is 0 Å². The topological polar surface area (TPSA) is 19.4 Å². The van der Waals surface area contributed by atoms with Crippen LogP contribution < -0.4 is 62.2 Å². The number of hydrogen-bond acceptors (Lipinski definition) is 6. The second-order valence-corrected chi connectivity index (χ2v) is 33.6. The third kappa shape index (κ3) is 12.1. The van der Waals surface area contributed by atoms with Crippen LogP contribution in [-0.2, 0) is 10.8 Å². The van der Waals surface area contributed by atoms with Crippen LogP contribution in [0.1, 0.15) is 52.7 Å². The molecule has 562 valence electrons. The third-order valence-corrected chi connectivity index (χ3v) is 24.5. The van der Waals surface area contributed by atoms with Gasteiger partial charge < -0.3 is 29.4 Å². The first kappa shape index (κ1) is 71.5. The summed E-state index contributed by atoms with van der Waals surface area (Å²) in [5, 5.41) is 0. The summed E-state index contributed by atoms with van der Waals surface area (Å²) in [5.74, 6) is 0. The van der Waals surface area contributed by atoms with Gasteiger partial charge in [-0.1, -0.05) is 339 Å². The molecule has 4 heterocycles. The zero-order valence-electron chi connectivity index (χ0n) is 67.1. The van der Waals surface area contributed by atoms with Crippen LogP contribution >= 0.6 is 0 Å². The minimum Gasteiger partial charge on any atom is -0.311 e. The summed E-state index contributed by atoms with van der Waals surface area (Å²) in [4.78, 5) is 15.5. The Balaban J connectivity index is 0.908. The van der Waals surface area contributed by atoms with Gasteiger partial charge in [-0.2, -0.15) is 0 Å². The molecule has 0 saturated heterocycles. The van der Waals surface area contributed by atoms with E-state index in [-0.39, 0.29) is 24.3 Å². The maximum Gasteiger partial charge on any atom is 0.252 e.